The molecule has 0 spiro atoms. The summed E-state index contributed by atoms with van der Waals surface area (Å²) in [5, 5.41) is 0. The molecule has 4 heteroatoms. The molecule has 1 saturated heterocycles. The maximum absolute atomic E-state index is 11.8. The van der Waals surface area contributed by atoms with Gasteiger partial charge in [-0.05, 0) is 19.4 Å². The molecule has 0 radical (unpaired) electrons. The number of nitrogens with zero attached hydrogens (tertiary/aromatic N) is 1. The quantitative estimate of drug-likeness (QED) is 0.685. The van der Waals surface area contributed by atoms with Crippen LogP contribution in [0.1, 0.15) is 12.8 Å². The molecule has 0 aromatic carbocycles. The Hall–Kier alpha value is 0.140. The lowest BCUT2D eigenvalue weighted by atomic mass is 10.1. The van der Waals surface area contributed by atoms with Gasteiger partial charge in [-0.25, -0.2) is 4.39 Å². The van der Waals surface area contributed by atoms with E-state index >= 15 is 0 Å². The lowest BCUT2D eigenvalue weighted by Gasteiger charge is -2.29. The van der Waals surface area contributed by atoms with Crippen LogP contribution in [0.3, 0.4) is 0 Å². The molecule has 0 aromatic rings. The van der Waals surface area contributed by atoms with Crippen LogP contribution in [-0.4, -0.2) is 37.3 Å². The van der Waals surface area contributed by atoms with E-state index in [0.29, 0.717) is 6.54 Å². The minimum atomic E-state index is -0.243. The normalized spacial score (nSPS) is 26.2. The third-order valence-corrected chi connectivity index (χ3v) is 1.94. The zero-order valence-electron chi connectivity index (χ0n) is 6.63. The first-order valence-corrected chi connectivity index (χ1v) is 3.87. The van der Waals surface area contributed by atoms with E-state index in [1.807, 2.05) is 0 Å². The Morgan fingerprint density at radius 3 is 2.82 bits per heavy atom. The lowest BCUT2D eigenvalue weighted by Crippen LogP contribution is -2.43. The Morgan fingerprint density at radius 1 is 1.55 bits per heavy atom. The summed E-state index contributed by atoms with van der Waals surface area (Å²) >= 11 is 0. The van der Waals surface area contributed by atoms with Gasteiger partial charge in [0.2, 0.25) is 0 Å². The van der Waals surface area contributed by atoms with Crippen molar-refractivity contribution in [2.24, 2.45) is 5.73 Å². The third kappa shape index (κ3) is 3.89. The van der Waals surface area contributed by atoms with Crippen LogP contribution in [0.5, 0.6) is 0 Å². The van der Waals surface area contributed by atoms with Crippen LogP contribution in [-0.2, 0) is 0 Å². The highest BCUT2D eigenvalue weighted by Crippen LogP contribution is 2.06. The summed E-state index contributed by atoms with van der Waals surface area (Å²) < 4.78 is 11.8. The van der Waals surface area contributed by atoms with Gasteiger partial charge in [0.15, 0.2) is 0 Å². The highest BCUT2D eigenvalue weighted by atomic mass is 35.5. The molecule has 68 valence electrons. The van der Waals surface area contributed by atoms with Crippen LogP contribution in [0.25, 0.3) is 0 Å². The number of nitrogens with two attached hydrogens (primary N) is 1. The Morgan fingerprint density at radius 2 is 2.27 bits per heavy atom. The van der Waals surface area contributed by atoms with E-state index in [1.54, 1.807) is 0 Å². The number of piperidine rings is 1. The second-order valence-corrected chi connectivity index (χ2v) is 2.89. The van der Waals surface area contributed by atoms with Crippen LogP contribution in [0.15, 0.2) is 0 Å². The highest BCUT2D eigenvalue weighted by molar-refractivity contribution is 5.85. The average molecular weight is 183 g/mol. The zero-order chi connectivity index (χ0) is 7.40. The predicted molar refractivity (Wildman–Crippen MR) is 46.9 cm³/mol. The van der Waals surface area contributed by atoms with Crippen molar-refractivity contribution in [1.82, 2.24) is 4.90 Å². The Bertz CT molecular complexity index is 100. The first-order valence-electron chi connectivity index (χ1n) is 3.87. The molecule has 1 aliphatic rings. The van der Waals surface area contributed by atoms with Gasteiger partial charge in [-0.3, -0.25) is 4.90 Å². The topological polar surface area (TPSA) is 29.3 Å². The third-order valence-electron chi connectivity index (χ3n) is 1.94. The van der Waals surface area contributed by atoms with Gasteiger partial charge in [0, 0.05) is 19.1 Å². The lowest BCUT2D eigenvalue weighted by molar-refractivity contribution is 0.194. The van der Waals surface area contributed by atoms with Crippen molar-refractivity contribution in [2.45, 2.75) is 18.9 Å². The van der Waals surface area contributed by atoms with Crippen LogP contribution >= 0.6 is 12.4 Å². The minimum Gasteiger partial charge on any atom is -0.327 e. The molecule has 2 nitrogen and oxygen atoms in total. The maximum atomic E-state index is 11.8. The summed E-state index contributed by atoms with van der Waals surface area (Å²) in [7, 11) is 0. The number of alkyl halides is 1. The van der Waals surface area contributed by atoms with Crippen LogP contribution < -0.4 is 5.73 Å². The molecule has 0 aliphatic carbocycles. The number of rotatable bonds is 2. The van der Waals surface area contributed by atoms with E-state index in [4.69, 9.17) is 5.73 Å². The van der Waals surface area contributed by atoms with Crippen molar-refractivity contribution in [2.75, 3.05) is 26.3 Å². The summed E-state index contributed by atoms with van der Waals surface area (Å²) in [5.41, 5.74) is 5.69. The molecule has 1 rings (SSSR count). The Kier molecular flexibility index (Phi) is 5.82. The molecule has 1 fully saturated rings. The molecule has 1 atom stereocenters. The molecule has 1 heterocycles. The molecule has 0 bridgehead atoms. The monoisotopic (exact) mass is 182 g/mol. The summed E-state index contributed by atoms with van der Waals surface area (Å²) in [6, 6.07) is 0.278. The largest absolute Gasteiger partial charge is 0.327 e. The zero-order valence-corrected chi connectivity index (χ0v) is 7.45. The minimum absolute atomic E-state index is 0. The van der Waals surface area contributed by atoms with Gasteiger partial charge in [0.25, 0.3) is 0 Å². The van der Waals surface area contributed by atoms with Crippen molar-refractivity contribution in [3.8, 4) is 0 Å². The fourth-order valence-corrected chi connectivity index (χ4v) is 1.41. The van der Waals surface area contributed by atoms with E-state index in [1.165, 1.54) is 0 Å². The molecule has 11 heavy (non-hydrogen) atoms. The van der Waals surface area contributed by atoms with Gasteiger partial charge < -0.3 is 5.73 Å². The summed E-state index contributed by atoms with van der Waals surface area (Å²) in [6.07, 6.45) is 2.23. The highest BCUT2D eigenvalue weighted by Gasteiger charge is 2.15. The standard InChI is InChI=1S/C7H15FN2.ClH/c8-3-5-10-4-1-2-7(9)6-10;/h7H,1-6,9H2;1H/t7-;/m0./s1. The van der Waals surface area contributed by atoms with Crippen molar-refractivity contribution in [1.29, 1.82) is 0 Å². The average Bonchev–Trinajstić information content (AvgIpc) is 1.88. The number of hydrogen-bond donors (Lipinski definition) is 1. The first-order chi connectivity index (χ1) is 4.83. The molecular formula is C7H16ClFN2. The Balaban J connectivity index is 0.000001000. The van der Waals surface area contributed by atoms with Crippen molar-refractivity contribution >= 4 is 12.4 Å². The van der Waals surface area contributed by atoms with Gasteiger partial charge in [-0.2, -0.15) is 0 Å². The van der Waals surface area contributed by atoms with Crippen molar-refractivity contribution in [3.05, 3.63) is 0 Å². The molecule has 2 N–H and O–H groups in total. The molecule has 0 amide bonds. The van der Waals surface area contributed by atoms with E-state index in [0.717, 1.165) is 25.9 Å². The predicted octanol–water partition coefficient (Wildman–Crippen LogP) is 0.801. The van der Waals surface area contributed by atoms with Crippen molar-refractivity contribution in [3.63, 3.8) is 0 Å². The van der Waals surface area contributed by atoms with Gasteiger partial charge in [0.05, 0.1) is 0 Å². The number of hydrogen-bond acceptors (Lipinski definition) is 2. The van der Waals surface area contributed by atoms with Gasteiger partial charge in [-0.1, -0.05) is 0 Å². The van der Waals surface area contributed by atoms with Gasteiger partial charge in [0.1, 0.15) is 6.67 Å². The molecule has 0 aromatic heterocycles. The molecule has 0 saturated carbocycles. The van der Waals surface area contributed by atoms with E-state index < -0.39 is 0 Å². The summed E-state index contributed by atoms with van der Waals surface area (Å²) in [4.78, 5) is 2.09. The number of likely N-dealkylation sites (tertiary alicyclic amines) is 1. The van der Waals surface area contributed by atoms with Gasteiger partial charge in [-0.15, -0.1) is 12.4 Å². The smallest absolute Gasteiger partial charge is 0.102 e. The Labute approximate surface area is 73.3 Å². The van der Waals surface area contributed by atoms with Crippen LogP contribution in [0, 0.1) is 0 Å². The molecule has 1 aliphatic heterocycles. The van der Waals surface area contributed by atoms with Crippen LogP contribution in [0.4, 0.5) is 4.39 Å². The summed E-state index contributed by atoms with van der Waals surface area (Å²) in [6.45, 7) is 2.22. The van der Waals surface area contributed by atoms with E-state index in [9.17, 15) is 4.39 Å². The van der Waals surface area contributed by atoms with Crippen molar-refractivity contribution < 1.29 is 4.39 Å². The number of halogens is 2. The van der Waals surface area contributed by atoms with Gasteiger partial charge >= 0.3 is 0 Å². The first kappa shape index (κ1) is 11.1. The summed E-state index contributed by atoms with van der Waals surface area (Å²) in [5.74, 6) is 0. The van der Waals surface area contributed by atoms with Crippen LogP contribution in [0.2, 0.25) is 0 Å². The molecular weight excluding hydrogens is 167 g/mol. The SMILES string of the molecule is Cl.N[C@H]1CCCN(CCF)C1. The molecule has 0 unspecified atom stereocenters. The van der Waals surface area contributed by atoms with E-state index in [-0.39, 0.29) is 25.1 Å². The fraction of sp³-hybridized carbons (Fsp3) is 1.00. The second kappa shape index (κ2) is 5.75. The van der Waals surface area contributed by atoms with E-state index in [2.05, 4.69) is 4.90 Å². The fourth-order valence-electron chi connectivity index (χ4n) is 1.41. The maximum Gasteiger partial charge on any atom is 0.102 e. The second-order valence-electron chi connectivity index (χ2n) is 2.89.